The molecule has 0 amide bonds. The van der Waals surface area contributed by atoms with Gasteiger partial charge in [0.2, 0.25) is 0 Å². The number of hydrogen-bond acceptors (Lipinski definition) is 4. The van der Waals surface area contributed by atoms with Crippen molar-refractivity contribution < 1.29 is 13.9 Å². The summed E-state index contributed by atoms with van der Waals surface area (Å²) in [5.74, 6) is -0.967. The van der Waals surface area contributed by atoms with Crippen molar-refractivity contribution in [3.8, 4) is 11.3 Å². The third-order valence-corrected chi connectivity index (χ3v) is 2.33. The van der Waals surface area contributed by atoms with E-state index in [1.54, 1.807) is 19.9 Å². The van der Waals surface area contributed by atoms with Crippen LogP contribution in [0.5, 0.6) is 0 Å². The van der Waals surface area contributed by atoms with Crippen molar-refractivity contribution in [1.82, 2.24) is 15.4 Å². The summed E-state index contributed by atoms with van der Waals surface area (Å²) in [5, 5.41) is 9.96. The van der Waals surface area contributed by atoms with Gasteiger partial charge in [-0.2, -0.15) is 10.3 Å². The minimum Gasteiger partial charge on any atom is -0.461 e. The van der Waals surface area contributed by atoms with Gasteiger partial charge in [-0.1, -0.05) is 0 Å². The average molecular weight is 249 g/mol. The van der Waals surface area contributed by atoms with Gasteiger partial charge in [0.25, 0.3) is 0 Å². The Morgan fingerprint density at radius 1 is 1.39 bits per heavy atom. The molecule has 1 aromatic carbocycles. The summed E-state index contributed by atoms with van der Waals surface area (Å²) in [6, 6.07) is 4.42. The van der Waals surface area contributed by atoms with Crippen LogP contribution in [0.25, 0.3) is 11.3 Å². The van der Waals surface area contributed by atoms with E-state index in [2.05, 4.69) is 15.4 Å². The molecule has 2 rings (SSSR count). The first-order chi connectivity index (χ1) is 8.61. The van der Waals surface area contributed by atoms with E-state index in [4.69, 9.17) is 4.74 Å². The molecule has 2 aromatic rings. The Bertz CT molecular complexity index is 560. The number of benzene rings is 1. The van der Waals surface area contributed by atoms with E-state index in [0.29, 0.717) is 5.56 Å². The van der Waals surface area contributed by atoms with Gasteiger partial charge in [-0.15, -0.1) is 5.10 Å². The fourth-order valence-corrected chi connectivity index (χ4v) is 1.65. The van der Waals surface area contributed by atoms with Crippen LogP contribution in [0.4, 0.5) is 4.39 Å². The Kier molecular flexibility index (Phi) is 3.36. The molecular formula is C12H12FN3O2. The van der Waals surface area contributed by atoms with Crippen LogP contribution in [0, 0.1) is 12.7 Å². The normalized spacial score (nSPS) is 10.4. The first-order valence-electron chi connectivity index (χ1n) is 5.47. The zero-order valence-electron chi connectivity index (χ0n) is 10.0. The second-order valence-corrected chi connectivity index (χ2v) is 3.76. The van der Waals surface area contributed by atoms with Crippen LogP contribution in [0.2, 0.25) is 0 Å². The molecule has 94 valence electrons. The van der Waals surface area contributed by atoms with Crippen LogP contribution in [0.3, 0.4) is 0 Å². The maximum atomic E-state index is 13.3. The molecule has 0 saturated heterocycles. The van der Waals surface area contributed by atoms with E-state index < -0.39 is 5.97 Å². The van der Waals surface area contributed by atoms with E-state index in [1.165, 1.54) is 12.1 Å². The van der Waals surface area contributed by atoms with Crippen molar-refractivity contribution in [2.75, 3.05) is 6.61 Å². The number of nitrogens with one attached hydrogen (secondary N) is 1. The van der Waals surface area contributed by atoms with Crippen LogP contribution >= 0.6 is 0 Å². The molecule has 0 aliphatic rings. The molecule has 5 nitrogen and oxygen atoms in total. The highest BCUT2D eigenvalue weighted by Gasteiger charge is 2.19. The lowest BCUT2D eigenvalue weighted by Gasteiger charge is -2.02. The van der Waals surface area contributed by atoms with Gasteiger partial charge in [0, 0.05) is 5.56 Å². The van der Waals surface area contributed by atoms with Gasteiger partial charge in [0.1, 0.15) is 11.5 Å². The minimum atomic E-state index is -0.580. The Morgan fingerprint density at radius 3 is 2.83 bits per heavy atom. The predicted octanol–water partition coefficient (Wildman–Crippen LogP) is 2.10. The topological polar surface area (TPSA) is 67.9 Å². The fourth-order valence-electron chi connectivity index (χ4n) is 1.65. The molecule has 18 heavy (non-hydrogen) atoms. The van der Waals surface area contributed by atoms with Gasteiger partial charge in [0.15, 0.2) is 5.69 Å². The number of H-pyrrole nitrogens is 1. The Hall–Kier alpha value is -2.24. The molecular weight excluding hydrogens is 237 g/mol. The standard InChI is InChI=1S/C12H12FN3O2/c1-3-18-12(17)11-10(14-16-15-11)8-4-7(2)5-9(13)6-8/h4-6H,3H2,1-2H3,(H,14,15,16). The summed E-state index contributed by atoms with van der Waals surface area (Å²) in [6.45, 7) is 3.70. The van der Waals surface area contributed by atoms with Crippen molar-refractivity contribution in [2.45, 2.75) is 13.8 Å². The van der Waals surface area contributed by atoms with Crippen molar-refractivity contribution in [2.24, 2.45) is 0 Å². The quantitative estimate of drug-likeness (QED) is 0.846. The molecule has 0 fully saturated rings. The number of carbonyl (C=O) groups is 1. The maximum Gasteiger partial charge on any atom is 0.361 e. The molecule has 0 spiro atoms. The summed E-state index contributed by atoms with van der Waals surface area (Å²) in [6.07, 6.45) is 0. The monoisotopic (exact) mass is 249 g/mol. The fraction of sp³-hybridized carbons (Fsp3) is 0.250. The lowest BCUT2D eigenvalue weighted by Crippen LogP contribution is -2.06. The van der Waals surface area contributed by atoms with Crippen molar-refractivity contribution in [3.63, 3.8) is 0 Å². The molecule has 0 aliphatic heterocycles. The number of ether oxygens (including phenoxy) is 1. The van der Waals surface area contributed by atoms with Gasteiger partial charge in [-0.3, -0.25) is 0 Å². The number of aromatic nitrogens is 3. The van der Waals surface area contributed by atoms with E-state index in [-0.39, 0.29) is 23.8 Å². The highest BCUT2D eigenvalue weighted by molar-refractivity contribution is 5.93. The van der Waals surface area contributed by atoms with E-state index >= 15 is 0 Å². The van der Waals surface area contributed by atoms with Gasteiger partial charge < -0.3 is 4.74 Å². The van der Waals surface area contributed by atoms with E-state index in [1.807, 2.05) is 0 Å². The summed E-state index contributed by atoms with van der Waals surface area (Å²) in [7, 11) is 0. The van der Waals surface area contributed by atoms with Crippen LogP contribution in [-0.4, -0.2) is 28.0 Å². The molecule has 1 aromatic heterocycles. The number of esters is 1. The molecule has 0 saturated carbocycles. The Balaban J connectivity index is 2.45. The summed E-state index contributed by atoms with van der Waals surface area (Å²) in [5.41, 5.74) is 1.57. The summed E-state index contributed by atoms with van der Waals surface area (Å²) < 4.78 is 18.2. The van der Waals surface area contributed by atoms with Crippen molar-refractivity contribution in [3.05, 3.63) is 35.3 Å². The molecule has 0 atom stereocenters. The van der Waals surface area contributed by atoms with Crippen LogP contribution in [-0.2, 0) is 4.74 Å². The number of aryl methyl sites for hydroxylation is 1. The number of nitrogens with zero attached hydrogens (tertiary/aromatic N) is 2. The van der Waals surface area contributed by atoms with E-state index in [0.717, 1.165) is 5.56 Å². The Labute approximate surface area is 103 Å². The van der Waals surface area contributed by atoms with Crippen molar-refractivity contribution in [1.29, 1.82) is 0 Å². The third kappa shape index (κ3) is 2.37. The van der Waals surface area contributed by atoms with Gasteiger partial charge in [-0.25, -0.2) is 9.18 Å². The second kappa shape index (κ2) is 4.95. The van der Waals surface area contributed by atoms with Gasteiger partial charge in [-0.05, 0) is 37.6 Å². The molecule has 6 heteroatoms. The maximum absolute atomic E-state index is 13.3. The first kappa shape index (κ1) is 12.2. The molecule has 0 bridgehead atoms. The molecule has 0 unspecified atom stereocenters. The summed E-state index contributed by atoms with van der Waals surface area (Å²) >= 11 is 0. The van der Waals surface area contributed by atoms with Gasteiger partial charge in [0.05, 0.1) is 6.61 Å². The lowest BCUT2D eigenvalue weighted by molar-refractivity contribution is 0.0520. The van der Waals surface area contributed by atoms with Crippen molar-refractivity contribution >= 4 is 5.97 Å². The largest absolute Gasteiger partial charge is 0.461 e. The molecule has 0 radical (unpaired) electrons. The van der Waals surface area contributed by atoms with Crippen LogP contribution in [0.15, 0.2) is 18.2 Å². The zero-order chi connectivity index (χ0) is 13.1. The first-order valence-corrected chi connectivity index (χ1v) is 5.47. The number of carbonyl (C=O) groups excluding carboxylic acids is 1. The van der Waals surface area contributed by atoms with Crippen LogP contribution in [0.1, 0.15) is 23.0 Å². The molecule has 1 heterocycles. The Morgan fingerprint density at radius 2 is 2.17 bits per heavy atom. The van der Waals surface area contributed by atoms with Gasteiger partial charge >= 0.3 is 5.97 Å². The number of rotatable bonds is 3. The van der Waals surface area contributed by atoms with Crippen LogP contribution < -0.4 is 0 Å². The SMILES string of the molecule is CCOC(=O)c1n[nH]nc1-c1cc(C)cc(F)c1. The van der Waals surface area contributed by atoms with E-state index in [9.17, 15) is 9.18 Å². The second-order valence-electron chi connectivity index (χ2n) is 3.76. The predicted molar refractivity (Wildman–Crippen MR) is 62.5 cm³/mol. The third-order valence-electron chi connectivity index (χ3n) is 2.33. The molecule has 1 N–H and O–H groups in total. The lowest BCUT2D eigenvalue weighted by atomic mass is 10.1. The number of hydrogen-bond donors (Lipinski definition) is 1. The number of halogens is 1. The molecule has 0 aliphatic carbocycles. The smallest absolute Gasteiger partial charge is 0.361 e. The highest BCUT2D eigenvalue weighted by Crippen LogP contribution is 2.22. The highest BCUT2D eigenvalue weighted by atomic mass is 19.1. The zero-order valence-corrected chi connectivity index (χ0v) is 10.0. The summed E-state index contributed by atoms with van der Waals surface area (Å²) in [4.78, 5) is 11.6. The minimum absolute atomic E-state index is 0.0573. The average Bonchev–Trinajstić information content (AvgIpc) is 2.76. The number of aromatic amines is 1.